The van der Waals surface area contributed by atoms with Crippen LogP contribution in [0.4, 0.5) is 20.2 Å². The maximum Gasteiger partial charge on any atom is 0.243 e. The molecule has 0 aliphatic carbocycles. The van der Waals surface area contributed by atoms with Gasteiger partial charge in [-0.05, 0) is 43.3 Å². The minimum Gasteiger partial charge on any atom is -0.494 e. The summed E-state index contributed by atoms with van der Waals surface area (Å²) in [5.74, 6) is -1.19. The standard InChI is InChI=1S/C16H16F2N2O2/c1-2-22-13-6-4-12(5-7-13)19-10-16(21)20-15-8-3-11(17)9-14(15)18/h3-9,19H,2,10H2,1H3,(H,20,21). The Morgan fingerprint density at radius 2 is 1.86 bits per heavy atom. The van der Waals surface area contributed by atoms with E-state index in [1.807, 2.05) is 6.92 Å². The maximum absolute atomic E-state index is 13.4. The number of hydrogen-bond donors (Lipinski definition) is 2. The average molecular weight is 306 g/mol. The molecule has 0 aliphatic heterocycles. The molecule has 0 aromatic heterocycles. The molecule has 0 saturated carbocycles. The van der Waals surface area contributed by atoms with Crippen LogP contribution in [-0.2, 0) is 4.79 Å². The molecule has 0 radical (unpaired) electrons. The first-order valence-electron chi connectivity index (χ1n) is 6.80. The molecule has 0 spiro atoms. The van der Waals surface area contributed by atoms with E-state index in [0.717, 1.165) is 23.6 Å². The zero-order valence-corrected chi connectivity index (χ0v) is 12.0. The predicted octanol–water partition coefficient (Wildman–Crippen LogP) is 3.41. The Morgan fingerprint density at radius 3 is 2.50 bits per heavy atom. The highest BCUT2D eigenvalue weighted by atomic mass is 19.1. The Hall–Kier alpha value is -2.63. The summed E-state index contributed by atoms with van der Waals surface area (Å²) in [5, 5.41) is 5.27. The molecule has 0 fully saturated rings. The van der Waals surface area contributed by atoms with Gasteiger partial charge in [-0.3, -0.25) is 4.79 Å². The molecule has 4 nitrogen and oxygen atoms in total. The van der Waals surface area contributed by atoms with Gasteiger partial charge in [-0.25, -0.2) is 8.78 Å². The summed E-state index contributed by atoms with van der Waals surface area (Å²) in [6.07, 6.45) is 0. The lowest BCUT2D eigenvalue weighted by Gasteiger charge is -2.09. The molecule has 2 aromatic carbocycles. The van der Waals surface area contributed by atoms with E-state index in [2.05, 4.69) is 10.6 Å². The highest BCUT2D eigenvalue weighted by molar-refractivity contribution is 5.93. The summed E-state index contributed by atoms with van der Waals surface area (Å²) >= 11 is 0. The lowest BCUT2D eigenvalue weighted by Crippen LogP contribution is -2.22. The first-order valence-corrected chi connectivity index (χ1v) is 6.80. The second-order valence-electron chi connectivity index (χ2n) is 4.48. The van der Waals surface area contributed by atoms with Gasteiger partial charge in [0.05, 0.1) is 18.8 Å². The van der Waals surface area contributed by atoms with Crippen molar-refractivity contribution in [2.75, 3.05) is 23.8 Å². The SMILES string of the molecule is CCOc1ccc(NCC(=O)Nc2ccc(F)cc2F)cc1. The molecule has 0 unspecified atom stereocenters. The van der Waals surface area contributed by atoms with Crippen LogP contribution in [0.2, 0.25) is 0 Å². The van der Waals surface area contributed by atoms with Crippen molar-refractivity contribution in [2.45, 2.75) is 6.92 Å². The minimum atomic E-state index is -0.811. The van der Waals surface area contributed by atoms with Gasteiger partial charge in [0.2, 0.25) is 5.91 Å². The monoisotopic (exact) mass is 306 g/mol. The van der Waals surface area contributed by atoms with Crippen LogP contribution in [0.15, 0.2) is 42.5 Å². The Bertz CT molecular complexity index is 645. The largest absolute Gasteiger partial charge is 0.494 e. The van der Waals surface area contributed by atoms with E-state index in [4.69, 9.17) is 4.74 Å². The molecule has 0 aliphatic rings. The third-order valence-corrected chi connectivity index (χ3v) is 2.82. The first kappa shape index (κ1) is 15.8. The van der Waals surface area contributed by atoms with E-state index in [9.17, 15) is 13.6 Å². The average Bonchev–Trinajstić information content (AvgIpc) is 2.50. The van der Waals surface area contributed by atoms with Gasteiger partial charge in [0.1, 0.15) is 17.4 Å². The number of nitrogens with one attached hydrogen (secondary N) is 2. The van der Waals surface area contributed by atoms with E-state index in [0.29, 0.717) is 6.61 Å². The van der Waals surface area contributed by atoms with Crippen molar-refractivity contribution in [3.8, 4) is 5.75 Å². The molecule has 1 amide bonds. The van der Waals surface area contributed by atoms with Gasteiger partial charge in [0.25, 0.3) is 0 Å². The van der Waals surface area contributed by atoms with Crippen molar-refractivity contribution in [1.29, 1.82) is 0 Å². The number of carbonyl (C=O) groups excluding carboxylic acids is 1. The van der Waals surface area contributed by atoms with Crippen LogP contribution < -0.4 is 15.4 Å². The molecular formula is C16H16F2N2O2. The molecule has 0 atom stereocenters. The molecule has 0 saturated heterocycles. The summed E-state index contributed by atoms with van der Waals surface area (Å²) in [6, 6.07) is 10.1. The van der Waals surface area contributed by atoms with Crippen molar-refractivity contribution in [3.63, 3.8) is 0 Å². The lowest BCUT2D eigenvalue weighted by atomic mass is 10.3. The molecule has 2 aromatic rings. The number of benzene rings is 2. The van der Waals surface area contributed by atoms with Crippen LogP contribution in [0, 0.1) is 11.6 Å². The van der Waals surface area contributed by atoms with Crippen molar-refractivity contribution in [2.24, 2.45) is 0 Å². The smallest absolute Gasteiger partial charge is 0.243 e. The van der Waals surface area contributed by atoms with E-state index in [1.165, 1.54) is 6.07 Å². The number of hydrogen-bond acceptors (Lipinski definition) is 3. The summed E-state index contributed by atoms with van der Waals surface area (Å²) in [5.41, 5.74) is 0.679. The van der Waals surface area contributed by atoms with Gasteiger partial charge in [0.15, 0.2) is 0 Å². The second kappa shape index (κ2) is 7.40. The topological polar surface area (TPSA) is 50.4 Å². The van der Waals surface area contributed by atoms with E-state index in [-0.39, 0.29) is 12.2 Å². The van der Waals surface area contributed by atoms with Crippen LogP contribution in [0.1, 0.15) is 6.92 Å². The normalized spacial score (nSPS) is 10.1. The van der Waals surface area contributed by atoms with Crippen LogP contribution in [-0.4, -0.2) is 19.1 Å². The number of amides is 1. The number of rotatable bonds is 6. The van der Waals surface area contributed by atoms with Crippen LogP contribution in [0.5, 0.6) is 5.75 Å². The fraction of sp³-hybridized carbons (Fsp3) is 0.188. The second-order valence-corrected chi connectivity index (χ2v) is 4.48. The summed E-state index contributed by atoms with van der Waals surface area (Å²) < 4.78 is 31.5. The van der Waals surface area contributed by atoms with Gasteiger partial charge in [-0.1, -0.05) is 0 Å². The van der Waals surface area contributed by atoms with Crippen LogP contribution in [0.25, 0.3) is 0 Å². The fourth-order valence-electron chi connectivity index (χ4n) is 1.80. The Balaban J connectivity index is 1.87. The number of carbonyl (C=O) groups is 1. The Morgan fingerprint density at radius 1 is 1.14 bits per heavy atom. The molecule has 0 bridgehead atoms. The van der Waals surface area contributed by atoms with Crippen molar-refractivity contribution in [3.05, 3.63) is 54.1 Å². The minimum absolute atomic E-state index is 0.0369. The third kappa shape index (κ3) is 4.44. The molecular weight excluding hydrogens is 290 g/mol. The van der Waals surface area contributed by atoms with Gasteiger partial charge in [0, 0.05) is 11.8 Å². The Kier molecular flexibility index (Phi) is 5.30. The van der Waals surface area contributed by atoms with Crippen molar-refractivity contribution >= 4 is 17.3 Å². The zero-order chi connectivity index (χ0) is 15.9. The molecule has 2 rings (SSSR count). The van der Waals surface area contributed by atoms with Crippen LogP contribution >= 0.6 is 0 Å². The Labute approximate surface area is 127 Å². The summed E-state index contributed by atoms with van der Waals surface area (Å²) in [7, 11) is 0. The molecule has 6 heteroatoms. The third-order valence-electron chi connectivity index (χ3n) is 2.82. The van der Waals surface area contributed by atoms with Crippen molar-refractivity contribution < 1.29 is 18.3 Å². The van der Waals surface area contributed by atoms with E-state index in [1.54, 1.807) is 24.3 Å². The molecule has 2 N–H and O–H groups in total. The quantitative estimate of drug-likeness (QED) is 0.860. The predicted molar refractivity (Wildman–Crippen MR) is 81.1 cm³/mol. The fourth-order valence-corrected chi connectivity index (χ4v) is 1.80. The number of ether oxygens (including phenoxy) is 1. The number of halogens is 2. The maximum atomic E-state index is 13.4. The van der Waals surface area contributed by atoms with Gasteiger partial charge >= 0.3 is 0 Å². The van der Waals surface area contributed by atoms with Gasteiger partial charge in [-0.2, -0.15) is 0 Å². The van der Waals surface area contributed by atoms with Crippen molar-refractivity contribution in [1.82, 2.24) is 0 Å². The van der Waals surface area contributed by atoms with Crippen LogP contribution in [0.3, 0.4) is 0 Å². The highest BCUT2D eigenvalue weighted by Gasteiger charge is 2.07. The summed E-state index contributed by atoms with van der Waals surface area (Å²) in [4.78, 5) is 11.7. The van der Waals surface area contributed by atoms with E-state index >= 15 is 0 Å². The van der Waals surface area contributed by atoms with Gasteiger partial charge < -0.3 is 15.4 Å². The van der Waals surface area contributed by atoms with Gasteiger partial charge in [-0.15, -0.1) is 0 Å². The lowest BCUT2D eigenvalue weighted by molar-refractivity contribution is -0.114. The highest BCUT2D eigenvalue weighted by Crippen LogP contribution is 2.16. The summed E-state index contributed by atoms with van der Waals surface area (Å²) in [6.45, 7) is 2.44. The first-order chi connectivity index (χ1) is 10.6. The molecule has 116 valence electrons. The molecule has 22 heavy (non-hydrogen) atoms. The number of anilines is 2. The van der Waals surface area contributed by atoms with E-state index < -0.39 is 17.5 Å². The zero-order valence-electron chi connectivity index (χ0n) is 12.0. The molecule has 0 heterocycles.